The van der Waals surface area contributed by atoms with Crippen molar-refractivity contribution < 1.29 is 9.72 Å². The van der Waals surface area contributed by atoms with E-state index in [1.54, 1.807) is 0 Å². The summed E-state index contributed by atoms with van der Waals surface area (Å²) in [7, 11) is 0. The van der Waals surface area contributed by atoms with Crippen LogP contribution < -0.4 is 0 Å². The predicted octanol–water partition coefficient (Wildman–Crippen LogP) is 2.24. The first-order chi connectivity index (χ1) is 7.15. The molecular weight excluding hydrogens is 220 g/mol. The van der Waals surface area contributed by atoms with E-state index in [-0.39, 0.29) is 5.69 Å². The quantitative estimate of drug-likeness (QED) is 0.446. The lowest BCUT2D eigenvalue weighted by molar-refractivity contribution is -0.383. The molecule has 1 heterocycles. The van der Waals surface area contributed by atoms with Gasteiger partial charge in [-0.3, -0.25) is 19.5 Å². The van der Waals surface area contributed by atoms with E-state index >= 15 is 0 Å². The molecule has 1 aromatic heterocycles. The molecule has 76 valence electrons. The van der Waals surface area contributed by atoms with Crippen LogP contribution in [0.5, 0.6) is 0 Å². The second kappa shape index (κ2) is 3.36. The Kier molecular flexibility index (Phi) is 2.17. The number of halogens is 1. The molecule has 0 aliphatic carbocycles. The van der Waals surface area contributed by atoms with Gasteiger partial charge in [0.1, 0.15) is 0 Å². The zero-order valence-electron chi connectivity index (χ0n) is 7.38. The summed E-state index contributed by atoms with van der Waals surface area (Å²) < 4.78 is 1.21. The third-order valence-corrected chi connectivity index (χ3v) is 2.42. The standard InChI is InChI=1S/C9H5ClN2O3/c10-7-1-2-8(12(14)15)6-3-4-11(5-13)9(6)7/h1-5H. The van der Waals surface area contributed by atoms with Crippen molar-refractivity contribution in [1.29, 1.82) is 0 Å². The van der Waals surface area contributed by atoms with Crippen LogP contribution in [0.2, 0.25) is 5.02 Å². The van der Waals surface area contributed by atoms with Gasteiger partial charge >= 0.3 is 0 Å². The SMILES string of the molecule is O=Cn1ccc2c([N+](=O)[O-])ccc(Cl)c21. The van der Waals surface area contributed by atoms with E-state index in [0.717, 1.165) is 0 Å². The predicted molar refractivity (Wildman–Crippen MR) is 55.8 cm³/mol. The van der Waals surface area contributed by atoms with E-state index in [1.165, 1.54) is 29.0 Å². The van der Waals surface area contributed by atoms with Crippen molar-refractivity contribution in [1.82, 2.24) is 4.57 Å². The molecule has 0 N–H and O–H groups in total. The van der Waals surface area contributed by atoms with Gasteiger partial charge in [0.05, 0.1) is 20.8 Å². The van der Waals surface area contributed by atoms with Crippen molar-refractivity contribution >= 4 is 34.6 Å². The van der Waals surface area contributed by atoms with E-state index in [0.29, 0.717) is 22.3 Å². The number of nitro groups is 1. The Hall–Kier alpha value is -1.88. The minimum absolute atomic E-state index is 0.0602. The van der Waals surface area contributed by atoms with Gasteiger partial charge in [-0.1, -0.05) is 11.6 Å². The van der Waals surface area contributed by atoms with Crippen LogP contribution in [0.25, 0.3) is 10.9 Å². The maximum atomic E-state index is 10.7. The fraction of sp³-hybridized carbons (Fsp3) is 0. The number of carbonyl (C=O) groups is 1. The van der Waals surface area contributed by atoms with Gasteiger partial charge in [0.2, 0.25) is 6.41 Å². The first-order valence-electron chi connectivity index (χ1n) is 4.04. The molecule has 2 aromatic rings. The van der Waals surface area contributed by atoms with Gasteiger partial charge in [-0.2, -0.15) is 0 Å². The van der Waals surface area contributed by atoms with E-state index in [9.17, 15) is 14.9 Å². The summed E-state index contributed by atoms with van der Waals surface area (Å²) in [5, 5.41) is 11.4. The molecule has 5 nitrogen and oxygen atoms in total. The lowest BCUT2D eigenvalue weighted by Crippen LogP contribution is -1.93. The zero-order valence-corrected chi connectivity index (χ0v) is 8.14. The third-order valence-electron chi connectivity index (χ3n) is 2.12. The monoisotopic (exact) mass is 224 g/mol. The second-order valence-corrected chi connectivity index (χ2v) is 3.32. The molecule has 0 saturated carbocycles. The van der Waals surface area contributed by atoms with Crippen LogP contribution in [0, 0.1) is 10.1 Å². The van der Waals surface area contributed by atoms with Gasteiger partial charge < -0.3 is 0 Å². The van der Waals surface area contributed by atoms with Gasteiger partial charge in [0, 0.05) is 12.3 Å². The van der Waals surface area contributed by atoms with Crippen LogP contribution in [0.1, 0.15) is 0 Å². The molecule has 0 radical (unpaired) electrons. The highest BCUT2D eigenvalue weighted by atomic mass is 35.5. The molecule has 0 amide bonds. The van der Waals surface area contributed by atoms with Gasteiger partial charge in [0.25, 0.3) is 5.69 Å². The first kappa shape index (κ1) is 9.67. The Morgan fingerprint density at radius 1 is 1.40 bits per heavy atom. The molecule has 0 spiro atoms. The average molecular weight is 225 g/mol. The molecule has 0 fully saturated rings. The van der Waals surface area contributed by atoms with Gasteiger partial charge in [-0.25, -0.2) is 0 Å². The fourth-order valence-corrected chi connectivity index (χ4v) is 1.74. The normalized spacial score (nSPS) is 10.5. The van der Waals surface area contributed by atoms with Crippen molar-refractivity contribution in [3.8, 4) is 0 Å². The van der Waals surface area contributed by atoms with E-state index in [2.05, 4.69) is 0 Å². The Morgan fingerprint density at radius 2 is 2.13 bits per heavy atom. The molecule has 0 unspecified atom stereocenters. The number of nitro benzene ring substituents is 1. The van der Waals surface area contributed by atoms with Crippen LogP contribution in [-0.4, -0.2) is 15.9 Å². The molecule has 6 heteroatoms. The molecule has 0 saturated heterocycles. The third kappa shape index (κ3) is 1.37. The van der Waals surface area contributed by atoms with E-state index in [1.807, 2.05) is 0 Å². The molecular formula is C9H5ClN2O3. The average Bonchev–Trinajstić information content (AvgIpc) is 2.62. The Morgan fingerprint density at radius 3 is 2.73 bits per heavy atom. The van der Waals surface area contributed by atoms with Gasteiger partial charge in [-0.15, -0.1) is 0 Å². The molecule has 0 bridgehead atoms. The lowest BCUT2D eigenvalue weighted by Gasteiger charge is -1.98. The van der Waals surface area contributed by atoms with Crippen LogP contribution in [-0.2, 0) is 4.79 Å². The maximum Gasteiger partial charge on any atom is 0.278 e. The summed E-state index contributed by atoms with van der Waals surface area (Å²) in [6.45, 7) is 0. The smallest absolute Gasteiger partial charge is 0.278 e. The summed E-state index contributed by atoms with van der Waals surface area (Å²) in [5.74, 6) is 0. The number of fused-ring (bicyclic) bond motifs is 1. The summed E-state index contributed by atoms with van der Waals surface area (Å²) >= 11 is 5.86. The lowest BCUT2D eigenvalue weighted by atomic mass is 10.2. The van der Waals surface area contributed by atoms with Crippen LogP contribution in [0.4, 0.5) is 5.69 Å². The van der Waals surface area contributed by atoms with Crippen molar-refractivity contribution in [2.24, 2.45) is 0 Å². The fourth-order valence-electron chi connectivity index (χ4n) is 1.47. The summed E-state index contributed by atoms with van der Waals surface area (Å²) in [5.41, 5.74) is 0.302. The minimum atomic E-state index is -0.506. The molecule has 1 aromatic carbocycles. The minimum Gasteiger partial charge on any atom is -0.288 e. The number of non-ortho nitro benzene ring substituents is 1. The van der Waals surface area contributed by atoms with E-state index < -0.39 is 4.92 Å². The molecule has 0 aliphatic rings. The van der Waals surface area contributed by atoms with E-state index in [4.69, 9.17) is 11.6 Å². The molecule has 0 atom stereocenters. The number of hydrogen-bond donors (Lipinski definition) is 0. The largest absolute Gasteiger partial charge is 0.288 e. The molecule has 2 rings (SSSR count). The number of hydrogen-bond acceptors (Lipinski definition) is 3. The maximum absolute atomic E-state index is 10.7. The summed E-state index contributed by atoms with van der Waals surface area (Å²) in [6, 6.07) is 4.22. The van der Waals surface area contributed by atoms with Gasteiger partial charge in [0.15, 0.2) is 0 Å². The highest BCUT2D eigenvalue weighted by Gasteiger charge is 2.16. The second-order valence-electron chi connectivity index (χ2n) is 2.91. The highest BCUT2D eigenvalue weighted by Crippen LogP contribution is 2.31. The topological polar surface area (TPSA) is 65.1 Å². The zero-order chi connectivity index (χ0) is 11.0. The Balaban J connectivity index is 2.90. The van der Waals surface area contributed by atoms with Crippen molar-refractivity contribution in [2.45, 2.75) is 0 Å². The summed E-state index contributed by atoms with van der Waals surface area (Å²) in [4.78, 5) is 20.8. The van der Waals surface area contributed by atoms with Crippen LogP contribution in [0.3, 0.4) is 0 Å². The van der Waals surface area contributed by atoms with Crippen LogP contribution >= 0.6 is 11.6 Å². The van der Waals surface area contributed by atoms with Crippen LogP contribution in [0.15, 0.2) is 24.4 Å². The first-order valence-corrected chi connectivity index (χ1v) is 4.41. The molecule has 15 heavy (non-hydrogen) atoms. The van der Waals surface area contributed by atoms with Crippen molar-refractivity contribution in [2.75, 3.05) is 0 Å². The Labute approximate surface area is 89.0 Å². The number of nitrogens with zero attached hydrogens (tertiary/aromatic N) is 2. The number of carbonyl (C=O) groups excluding carboxylic acids is 1. The Bertz CT molecular complexity index is 562. The van der Waals surface area contributed by atoms with Crippen molar-refractivity contribution in [3.63, 3.8) is 0 Å². The number of benzene rings is 1. The number of aromatic nitrogens is 1. The van der Waals surface area contributed by atoms with Crippen molar-refractivity contribution in [3.05, 3.63) is 39.5 Å². The highest BCUT2D eigenvalue weighted by molar-refractivity contribution is 6.35. The number of rotatable bonds is 2. The molecule has 0 aliphatic heterocycles. The van der Waals surface area contributed by atoms with Gasteiger partial charge in [-0.05, 0) is 12.1 Å². The summed E-state index contributed by atoms with van der Waals surface area (Å²) in [6.07, 6.45) is 1.99.